The lowest BCUT2D eigenvalue weighted by Crippen LogP contribution is -2.33. The molecule has 0 spiro atoms. The van der Waals surface area contributed by atoms with Gasteiger partial charge in [0.25, 0.3) is 0 Å². The van der Waals surface area contributed by atoms with E-state index in [0.29, 0.717) is 21.9 Å². The molecule has 0 fully saturated rings. The molecule has 0 aliphatic carbocycles. The maximum absolute atomic E-state index is 14.3. The Labute approximate surface area is 253 Å². The lowest BCUT2D eigenvalue weighted by molar-refractivity contribution is 0.103. The van der Waals surface area contributed by atoms with Crippen LogP contribution in [0.1, 0.15) is 67.2 Å². The van der Waals surface area contributed by atoms with Crippen molar-refractivity contribution in [3.63, 3.8) is 0 Å². The summed E-state index contributed by atoms with van der Waals surface area (Å²) >= 11 is 1.81. The van der Waals surface area contributed by atoms with Gasteiger partial charge in [0, 0.05) is 63.8 Å². The first-order valence-electron chi connectivity index (χ1n) is 14.1. The third-order valence-electron chi connectivity index (χ3n) is 7.55. The zero-order valence-corrected chi connectivity index (χ0v) is 26.3. The maximum atomic E-state index is 14.3. The van der Waals surface area contributed by atoms with Crippen molar-refractivity contribution in [2.45, 2.75) is 56.3 Å². The molecule has 8 heteroatoms. The molecule has 5 nitrogen and oxygen atoms in total. The Kier molecular flexibility index (Phi) is 7.49. The van der Waals surface area contributed by atoms with E-state index in [0.717, 1.165) is 44.6 Å². The molecule has 0 N–H and O–H groups in total. The number of aromatic nitrogens is 3. The van der Waals surface area contributed by atoms with E-state index in [-0.39, 0.29) is 22.0 Å². The first-order chi connectivity index (χ1) is 20.0. The molecule has 6 rings (SSSR count). The first kappa shape index (κ1) is 28.6. The van der Waals surface area contributed by atoms with Gasteiger partial charge in [0.15, 0.2) is 5.78 Å². The predicted octanol–water partition coefficient (Wildman–Crippen LogP) is 8.26. The van der Waals surface area contributed by atoms with Crippen molar-refractivity contribution in [1.82, 2.24) is 14.1 Å². The largest absolute Gasteiger partial charge is 0.415 e. The molecule has 0 amide bonds. The molecule has 42 heavy (non-hydrogen) atoms. The molecule has 1 aliphatic heterocycles. The van der Waals surface area contributed by atoms with Gasteiger partial charge in [-0.1, -0.05) is 51.1 Å². The number of carbonyl (C=O) groups is 1. The van der Waals surface area contributed by atoms with Crippen LogP contribution in [0, 0.1) is 5.82 Å². The highest BCUT2D eigenvalue weighted by atomic mass is 32.2. The second-order valence-corrected chi connectivity index (χ2v) is 15.5. The molecule has 4 heterocycles. The summed E-state index contributed by atoms with van der Waals surface area (Å²) in [7, 11) is 0.359. The van der Waals surface area contributed by atoms with E-state index in [1.165, 1.54) is 12.1 Å². The summed E-state index contributed by atoms with van der Waals surface area (Å²) in [4.78, 5) is 18.6. The molecule has 3 aromatic heterocycles. The molecular weight excluding hydrogens is 562 g/mol. The Morgan fingerprint density at radius 3 is 2.52 bits per heavy atom. The van der Waals surface area contributed by atoms with Crippen LogP contribution < -0.4 is 0 Å². The highest BCUT2D eigenvalue weighted by Crippen LogP contribution is 2.43. The molecule has 214 valence electrons. The highest BCUT2D eigenvalue weighted by Gasteiger charge is 2.32. The van der Waals surface area contributed by atoms with Crippen molar-refractivity contribution < 1.29 is 13.6 Å². The maximum Gasteiger partial charge on any atom is 0.235 e. The quantitative estimate of drug-likeness (QED) is 0.134. The minimum Gasteiger partial charge on any atom is -0.415 e. The number of carbonyl (C=O) groups excluding carboxylic acids is 1. The summed E-state index contributed by atoms with van der Waals surface area (Å²) in [6, 6.07) is 18.6. The van der Waals surface area contributed by atoms with Gasteiger partial charge in [-0.2, -0.15) is 0 Å². The number of rotatable bonds is 8. The fourth-order valence-electron chi connectivity index (χ4n) is 5.45. The second-order valence-electron chi connectivity index (χ2n) is 12.5. The Balaban J connectivity index is 1.42. The Morgan fingerprint density at radius 1 is 1.05 bits per heavy atom. The molecule has 0 saturated heterocycles. The van der Waals surface area contributed by atoms with Gasteiger partial charge in [0.05, 0.1) is 12.1 Å². The van der Waals surface area contributed by atoms with E-state index in [9.17, 15) is 9.18 Å². The van der Waals surface area contributed by atoms with Crippen LogP contribution in [-0.2, 0) is 15.7 Å². The van der Waals surface area contributed by atoms with Gasteiger partial charge < -0.3 is 13.6 Å². The Morgan fingerprint density at radius 2 is 1.81 bits per heavy atom. The van der Waals surface area contributed by atoms with E-state index in [4.69, 9.17) is 4.43 Å². The summed E-state index contributed by atoms with van der Waals surface area (Å²) in [5.41, 5.74) is 5.99. The van der Waals surface area contributed by atoms with E-state index < -0.39 is 5.54 Å². The SMILES string of the molecule is CC(C)(C)[Si]OCC(C)(C)n1cc(C(=O)c2ccn3c2CSC3c2cccnc2)c2ccc(-c3ccc(F)cc3)cc21. The molecule has 1 aliphatic rings. The van der Waals surface area contributed by atoms with Crippen molar-refractivity contribution in [3.8, 4) is 11.1 Å². The van der Waals surface area contributed by atoms with Gasteiger partial charge in [0.2, 0.25) is 9.76 Å². The monoisotopic (exact) mass is 595 g/mol. The number of ketones is 1. The third-order valence-corrected chi connectivity index (χ3v) is 9.71. The van der Waals surface area contributed by atoms with E-state index in [2.05, 4.69) is 60.9 Å². The van der Waals surface area contributed by atoms with Crippen molar-refractivity contribution >= 4 is 38.2 Å². The van der Waals surface area contributed by atoms with Gasteiger partial charge in [-0.25, -0.2) is 4.39 Å². The molecule has 1 atom stereocenters. The van der Waals surface area contributed by atoms with E-state index in [1.807, 2.05) is 42.9 Å². The van der Waals surface area contributed by atoms with Crippen LogP contribution in [0.4, 0.5) is 4.39 Å². The topological polar surface area (TPSA) is 49.0 Å². The molecular formula is C34H34FN3O2SSi. The average molecular weight is 596 g/mol. The lowest BCUT2D eigenvalue weighted by Gasteiger charge is -2.29. The molecule has 0 saturated carbocycles. The number of hydrogen-bond acceptors (Lipinski definition) is 4. The summed E-state index contributed by atoms with van der Waals surface area (Å²) in [6.07, 6.45) is 7.69. The first-order valence-corrected chi connectivity index (χ1v) is 16.0. The van der Waals surface area contributed by atoms with Gasteiger partial charge in [-0.3, -0.25) is 9.78 Å². The summed E-state index contributed by atoms with van der Waals surface area (Å²) in [6.45, 7) is 11.3. The van der Waals surface area contributed by atoms with Crippen LogP contribution in [0.2, 0.25) is 5.04 Å². The normalized spacial score (nSPS) is 15.3. The number of pyridine rings is 1. The van der Waals surface area contributed by atoms with E-state index in [1.54, 1.807) is 30.1 Å². The highest BCUT2D eigenvalue weighted by molar-refractivity contribution is 7.99. The fraction of sp³-hybridized carbons (Fsp3) is 0.294. The molecule has 0 bridgehead atoms. The number of thioether (sulfide) groups is 1. The van der Waals surface area contributed by atoms with Crippen LogP contribution >= 0.6 is 11.8 Å². The van der Waals surface area contributed by atoms with Crippen molar-refractivity contribution in [1.29, 1.82) is 0 Å². The lowest BCUT2D eigenvalue weighted by atomic mass is 10.00. The summed E-state index contributed by atoms with van der Waals surface area (Å²) in [5.74, 6) is 0.509. The van der Waals surface area contributed by atoms with Crippen LogP contribution in [0.5, 0.6) is 0 Å². The smallest absolute Gasteiger partial charge is 0.235 e. The van der Waals surface area contributed by atoms with E-state index >= 15 is 0 Å². The molecule has 2 radical (unpaired) electrons. The number of benzene rings is 2. The number of fused-ring (bicyclic) bond motifs is 2. The van der Waals surface area contributed by atoms with Gasteiger partial charge in [0.1, 0.15) is 11.2 Å². The van der Waals surface area contributed by atoms with Gasteiger partial charge in [-0.15, -0.1) is 11.8 Å². The van der Waals surface area contributed by atoms with Crippen LogP contribution in [-0.4, -0.2) is 36.3 Å². The number of nitrogens with zero attached hydrogens (tertiary/aromatic N) is 3. The summed E-state index contributed by atoms with van der Waals surface area (Å²) < 4.78 is 24.3. The number of hydrogen-bond donors (Lipinski definition) is 0. The standard InChI is InChI=1S/C34H34FN3O2SSi/c1-33(2,3)42-40-21-34(4,5)38-19-28(26-13-10-23(17-29(26)38)22-8-11-25(35)12-9-22)31(39)27-14-16-37-30(27)20-41-32(37)24-7-6-15-36-18-24/h6-19,32H,20-21H2,1-5H3. The third kappa shape index (κ3) is 5.51. The predicted molar refractivity (Wildman–Crippen MR) is 170 cm³/mol. The molecule has 2 aromatic carbocycles. The van der Waals surface area contributed by atoms with Crippen molar-refractivity contribution in [2.75, 3.05) is 6.61 Å². The van der Waals surface area contributed by atoms with Crippen LogP contribution in [0.3, 0.4) is 0 Å². The fourth-order valence-corrected chi connectivity index (χ4v) is 7.62. The average Bonchev–Trinajstić information content (AvgIpc) is 3.66. The zero-order chi connectivity index (χ0) is 29.6. The Bertz CT molecular complexity index is 1750. The van der Waals surface area contributed by atoms with Crippen LogP contribution in [0.25, 0.3) is 22.0 Å². The number of halogens is 1. The van der Waals surface area contributed by atoms with Crippen molar-refractivity contribution in [2.24, 2.45) is 0 Å². The van der Waals surface area contributed by atoms with Gasteiger partial charge >= 0.3 is 0 Å². The van der Waals surface area contributed by atoms with Gasteiger partial charge in [-0.05, 0) is 60.3 Å². The van der Waals surface area contributed by atoms with Crippen LogP contribution in [0.15, 0.2) is 85.5 Å². The summed E-state index contributed by atoms with van der Waals surface area (Å²) in [5, 5.41) is 1.08. The Hall–Kier alpha value is -3.46. The second kappa shape index (κ2) is 11.0. The minimum absolute atomic E-state index is 0.0164. The molecule has 1 unspecified atom stereocenters. The minimum atomic E-state index is -0.416. The van der Waals surface area contributed by atoms with Crippen molar-refractivity contribution in [3.05, 3.63) is 114 Å². The zero-order valence-electron chi connectivity index (χ0n) is 24.5. The molecule has 5 aromatic rings.